The van der Waals surface area contributed by atoms with E-state index in [4.69, 9.17) is 5.73 Å². The maximum atomic E-state index is 5.75. The smallest absolute Gasteiger partial charge is 0.149 e. The number of hydrogen-bond acceptors (Lipinski definition) is 4. The number of anilines is 1. The monoisotopic (exact) mass is 322 g/mol. The number of rotatable bonds is 1. The number of aromatic nitrogens is 3. The highest BCUT2D eigenvalue weighted by atomic mass is 79.9. The van der Waals surface area contributed by atoms with Crippen molar-refractivity contribution in [2.45, 2.75) is 6.92 Å². The highest BCUT2D eigenvalue weighted by Crippen LogP contribution is 2.34. The van der Waals surface area contributed by atoms with E-state index in [-0.39, 0.29) is 0 Å². The molecule has 1 aromatic carbocycles. The summed E-state index contributed by atoms with van der Waals surface area (Å²) in [4.78, 5) is 8.86. The number of thiazole rings is 1. The second kappa shape index (κ2) is 4.07. The van der Waals surface area contributed by atoms with Gasteiger partial charge in [-0.2, -0.15) is 0 Å². The number of nitrogens with two attached hydrogens (primary N) is 1. The second-order valence-electron chi connectivity index (χ2n) is 4.10. The van der Waals surface area contributed by atoms with Crippen LogP contribution in [0.15, 0.2) is 22.0 Å². The van der Waals surface area contributed by atoms with Crippen LogP contribution in [0.5, 0.6) is 0 Å². The van der Waals surface area contributed by atoms with Gasteiger partial charge in [-0.05, 0) is 41.1 Å². The molecule has 0 amide bonds. The summed E-state index contributed by atoms with van der Waals surface area (Å²) in [7, 11) is 2.02. The van der Waals surface area contributed by atoms with E-state index in [1.807, 2.05) is 26.1 Å². The van der Waals surface area contributed by atoms with E-state index in [0.29, 0.717) is 5.82 Å². The van der Waals surface area contributed by atoms with Gasteiger partial charge in [0.05, 0.1) is 11.0 Å². The van der Waals surface area contributed by atoms with Crippen molar-refractivity contribution < 1.29 is 0 Å². The minimum absolute atomic E-state index is 0.535. The van der Waals surface area contributed by atoms with Crippen LogP contribution in [-0.2, 0) is 7.05 Å². The van der Waals surface area contributed by atoms with Gasteiger partial charge in [-0.15, -0.1) is 11.3 Å². The fourth-order valence-corrected chi connectivity index (χ4v) is 3.15. The average molecular weight is 323 g/mol. The number of aryl methyl sites for hydroxylation is 2. The van der Waals surface area contributed by atoms with Gasteiger partial charge in [-0.1, -0.05) is 0 Å². The predicted molar refractivity (Wildman–Crippen MR) is 78.7 cm³/mol. The molecule has 2 N–H and O–H groups in total. The molecule has 2 aromatic heterocycles. The summed E-state index contributed by atoms with van der Waals surface area (Å²) in [6, 6.07) is 6.16. The van der Waals surface area contributed by atoms with E-state index < -0.39 is 0 Å². The summed E-state index contributed by atoms with van der Waals surface area (Å²) in [5.74, 6) is 1.54. The lowest BCUT2D eigenvalue weighted by molar-refractivity contribution is 0.886. The Balaban J connectivity index is 2.19. The van der Waals surface area contributed by atoms with Crippen molar-refractivity contribution in [3.8, 4) is 10.6 Å². The predicted octanol–water partition coefficient (Wildman–Crippen LogP) is 3.35. The van der Waals surface area contributed by atoms with Crippen LogP contribution in [0.4, 0.5) is 5.82 Å². The summed E-state index contributed by atoms with van der Waals surface area (Å²) >= 11 is 4.92. The highest BCUT2D eigenvalue weighted by Gasteiger charge is 2.10. The number of halogens is 1. The van der Waals surface area contributed by atoms with Gasteiger partial charge in [0.1, 0.15) is 20.4 Å². The van der Waals surface area contributed by atoms with E-state index in [1.165, 1.54) is 11.3 Å². The first-order chi connectivity index (χ1) is 8.56. The largest absolute Gasteiger partial charge is 0.382 e. The molecule has 0 saturated carbocycles. The van der Waals surface area contributed by atoms with Crippen molar-refractivity contribution in [2.75, 3.05) is 5.73 Å². The average Bonchev–Trinajstić information content (AvgIpc) is 2.81. The molecule has 3 rings (SSSR count). The molecule has 18 heavy (non-hydrogen) atoms. The molecular weight excluding hydrogens is 312 g/mol. The van der Waals surface area contributed by atoms with E-state index in [0.717, 1.165) is 31.2 Å². The summed E-state index contributed by atoms with van der Waals surface area (Å²) < 4.78 is 2.94. The first-order valence-electron chi connectivity index (χ1n) is 5.41. The minimum Gasteiger partial charge on any atom is -0.382 e. The second-order valence-corrected chi connectivity index (χ2v) is 6.42. The quantitative estimate of drug-likeness (QED) is 0.747. The topological polar surface area (TPSA) is 56.7 Å². The van der Waals surface area contributed by atoms with Crippen LogP contribution in [-0.4, -0.2) is 14.5 Å². The van der Waals surface area contributed by atoms with Gasteiger partial charge in [-0.25, -0.2) is 9.97 Å². The van der Waals surface area contributed by atoms with Crippen molar-refractivity contribution >= 4 is 44.1 Å². The first kappa shape index (κ1) is 11.7. The van der Waals surface area contributed by atoms with Crippen molar-refractivity contribution in [3.05, 3.63) is 27.8 Å². The standard InChI is InChI=1S/C12H11BrN4S/c1-6-15-8-5-7(3-4-9(8)17(6)2)12-16-11(14)10(13)18-12/h3-5H,14H2,1-2H3. The molecule has 92 valence electrons. The Bertz CT molecular complexity index is 724. The van der Waals surface area contributed by atoms with Gasteiger partial charge in [0.2, 0.25) is 0 Å². The normalized spacial score (nSPS) is 11.3. The molecule has 0 aliphatic heterocycles. The molecule has 0 radical (unpaired) electrons. The Morgan fingerprint density at radius 2 is 2.11 bits per heavy atom. The van der Waals surface area contributed by atoms with Crippen LogP contribution >= 0.6 is 27.3 Å². The summed E-state index contributed by atoms with van der Waals surface area (Å²) in [6.07, 6.45) is 0. The Kier molecular flexibility index (Phi) is 2.64. The summed E-state index contributed by atoms with van der Waals surface area (Å²) in [6.45, 7) is 2.00. The summed E-state index contributed by atoms with van der Waals surface area (Å²) in [5, 5.41) is 0.907. The minimum atomic E-state index is 0.535. The molecule has 0 saturated heterocycles. The van der Waals surface area contributed by atoms with Crippen molar-refractivity contribution in [1.29, 1.82) is 0 Å². The number of nitrogen functional groups attached to an aromatic ring is 1. The van der Waals surface area contributed by atoms with Gasteiger partial charge in [0, 0.05) is 12.6 Å². The number of nitrogens with zero attached hydrogens (tertiary/aromatic N) is 3. The zero-order chi connectivity index (χ0) is 12.9. The Hall–Kier alpha value is -1.40. The van der Waals surface area contributed by atoms with Crippen LogP contribution in [0.25, 0.3) is 21.6 Å². The van der Waals surface area contributed by atoms with Crippen molar-refractivity contribution in [3.63, 3.8) is 0 Å². The van der Waals surface area contributed by atoms with Gasteiger partial charge in [0.25, 0.3) is 0 Å². The van der Waals surface area contributed by atoms with Crippen molar-refractivity contribution in [1.82, 2.24) is 14.5 Å². The molecule has 0 bridgehead atoms. The lowest BCUT2D eigenvalue weighted by Crippen LogP contribution is -1.89. The van der Waals surface area contributed by atoms with E-state index in [1.54, 1.807) is 0 Å². The number of fused-ring (bicyclic) bond motifs is 1. The van der Waals surface area contributed by atoms with Crippen molar-refractivity contribution in [2.24, 2.45) is 7.05 Å². The first-order valence-corrected chi connectivity index (χ1v) is 7.02. The van der Waals surface area contributed by atoms with Crippen LogP contribution in [0.1, 0.15) is 5.82 Å². The maximum absolute atomic E-state index is 5.75. The SMILES string of the molecule is Cc1nc2cc(-c3nc(N)c(Br)s3)ccc2n1C. The van der Waals surface area contributed by atoms with Crippen LogP contribution in [0.2, 0.25) is 0 Å². The third-order valence-corrected chi connectivity index (χ3v) is 4.76. The zero-order valence-electron chi connectivity index (χ0n) is 9.94. The Morgan fingerprint density at radius 3 is 2.78 bits per heavy atom. The van der Waals surface area contributed by atoms with Gasteiger partial charge < -0.3 is 10.3 Å². The molecular formula is C12H11BrN4S. The van der Waals surface area contributed by atoms with Gasteiger partial charge in [-0.3, -0.25) is 0 Å². The van der Waals surface area contributed by atoms with Gasteiger partial charge >= 0.3 is 0 Å². The molecule has 0 spiro atoms. The zero-order valence-corrected chi connectivity index (χ0v) is 12.3. The van der Waals surface area contributed by atoms with Gasteiger partial charge in [0.15, 0.2) is 0 Å². The number of benzene rings is 1. The molecule has 3 aromatic rings. The molecule has 2 heterocycles. The summed E-state index contributed by atoms with van der Waals surface area (Å²) in [5.41, 5.74) is 8.90. The van der Waals surface area contributed by atoms with Crippen LogP contribution < -0.4 is 5.73 Å². The number of imidazole rings is 1. The molecule has 0 aliphatic rings. The molecule has 0 atom stereocenters. The molecule has 0 fully saturated rings. The lowest BCUT2D eigenvalue weighted by Gasteiger charge is -1.98. The molecule has 6 heteroatoms. The fourth-order valence-electron chi connectivity index (χ4n) is 1.89. The van der Waals surface area contributed by atoms with E-state index in [9.17, 15) is 0 Å². The fraction of sp³-hybridized carbons (Fsp3) is 0.167. The van der Waals surface area contributed by atoms with E-state index in [2.05, 4.69) is 36.5 Å². The number of hydrogen-bond donors (Lipinski definition) is 1. The lowest BCUT2D eigenvalue weighted by atomic mass is 10.2. The Labute approximate surface area is 117 Å². The Morgan fingerprint density at radius 1 is 1.33 bits per heavy atom. The third-order valence-electron chi connectivity index (χ3n) is 2.96. The maximum Gasteiger partial charge on any atom is 0.149 e. The van der Waals surface area contributed by atoms with Crippen LogP contribution in [0.3, 0.4) is 0 Å². The third kappa shape index (κ3) is 1.72. The molecule has 0 aliphatic carbocycles. The molecule has 0 unspecified atom stereocenters. The molecule has 4 nitrogen and oxygen atoms in total. The van der Waals surface area contributed by atoms with Crippen LogP contribution in [0, 0.1) is 6.92 Å². The van der Waals surface area contributed by atoms with E-state index >= 15 is 0 Å². The highest BCUT2D eigenvalue weighted by molar-refractivity contribution is 9.11.